The van der Waals surface area contributed by atoms with Crippen molar-refractivity contribution < 1.29 is 42.8 Å². The third-order valence-electron chi connectivity index (χ3n) is 9.38. The monoisotopic (exact) mass is 791 g/mol. The maximum Gasteiger partial charge on any atom is 0.508 e. The van der Waals surface area contributed by atoms with Gasteiger partial charge in [0.1, 0.15) is 26.4 Å². The third-order valence-corrected chi connectivity index (χ3v) is 9.38. The van der Waals surface area contributed by atoms with E-state index in [4.69, 9.17) is 34.8 Å². The molecule has 0 aliphatic rings. The van der Waals surface area contributed by atoms with Gasteiger partial charge in [-0.25, -0.2) is 4.79 Å². The van der Waals surface area contributed by atoms with Crippen LogP contribution in [-0.4, -0.2) is 64.0 Å². The quantitative estimate of drug-likeness (QED) is 0.0149. The molecule has 0 bridgehead atoms. The molecule has 0 saturated carbocycles. The van der Waals surface area contributed by atoms with Gasteiger partial charge in [0.25, 0.3) is 0 Å². The van der Waals surface area contributed by atoms with Crippen molar-refractivity contribution in [3.05, 3.63) is 24.3 Å². The largest absolute Gasteiger partial charge is 0.508 e. The predicted octanol–water partition coefficient (Wildman–Crippen LogP) is 12.5. The molecular formula is C47H82O9. The van der Waals surface area contributed by atoms with Gasteiger partial charge in [-0.05, 0) is 51.4 Å². The number of hydrogen-bond donors (Lipinski definition) is 0. The van der Waals surface area contributed by atoms with Gasteiger partial charge in [0.2, 0.25) is 0 Å². The summed E-state index contributed by atoms with van der Waals surface area (Å²) in [5.74, 6) is 1.11. The average Bonchev–Trinajstić information content (AvgIpc) is 3.20. The van der Waals surface area contributed by atoms with E-state index in [0.29, 0.717) is 26.1 Å². The fourth-order valence-electron chi connectivity index (χ4n) is 5.86. The van der Waals surface area contributed by atoms with Crippen molar-refractivity contribution in [2.24, 2.45) is 5.92 Å². The maximum atomic E-state index is 12.8. The smallest absolute Gasteiger partial charge is 0.465 e. The highest BCUT2D eigenvalue weighted by Gasteiger charge is 2.19. The van der Waals surface area contributed by atoms with Gasteiger partial charge in [-0.3, -0.25) is 9.59 Å². The molecule has 0 aliphatic heterocycles. The second kappa shape index (κ2) is 43.3. The van der Waals surface area contributed by atoms with E-state index in [0.717, 1.165) is 70.6 Å². The van der Waals surface area contributed by atoms with Crippen LogP contribution in [0.25, 0.3) is 0 Å². The highest BCUT2D eigenvalue weighted by Crippen LogP contribution is 2.14. The van der Waals surface area contributed by atoms with Crippen molar-refractivity contribution in [2.45, 2.75) is 200 Å². The number of esters is 2. The van der Waals surface area contributed by atoms with Crippen LogP contribution in [-0.2, 0) is 38.0 Å². The highest BCUT2D eigenvalue weighted by molar-refractivity contribution is 5.69. The molecule has 1 unspecified atom stereocenters. The Morgan fingerprint density at radius 3 is 1.55 bits per heavy atom. The van der Waals surface area contributed by atoms with Crippen LogP contribution in [0.1, 0.15) is 194 Å². The number of terminal acetylenes is 1. The molecule has 9 heteroatoms. The molecule has 56 heavy (non-hydrogen) atoms. The molecule has 0 fully saturated rings. The van der Waals surface area contributed by atoms with Crippen molar-refractivity contribution in [1.82, 2.24) is 0 Å². The van der Waals surface area contributed by atoms with Crippen LogP contribution in [0.15, 0.2) is 24.3 Å². The molecule has 1 atom stereocenters. The van der Waals surface area contributed by atoms with E-state index in [1.54, 1.807) is 0 Å². The van der Waals surface area contributed by atoms with Gasteiger partial charge in [-0.2, -0.15) is 0 Å². The van der Waals surface area contributed by atoms with Crippen molar-refractivity contribution in [3.63, 3.8) is 0 Å². The first-order chi connectivity index (χ1) is 27.5. The van der Waals surface area contributed by atoms with Crippen LogP contribution in [0, 0.1) is 18.3 Å². The topological polar surface area (TPSA) is 107 Å². The van der Waals surface area contributed by atoms with Crippen LogP contribution in [0.4, 0.5) is 4.79 Å². The van der Waals surface area contributed by atoms with Gasteiger partial charge in [0.15, 0.2) is 6.29 Å². The van der Waals surface area contributed by atoms with E-state index in [2.05, 4.69) is 51.0 Å². The number of ether oxygens (including phenoxy) is 6. The average molecular weight is 791 g/mol. The van der Waals surface area contributed by atoms with Crippen LogP contribution < -0.4 is 0 Å². The summed E-state index contributed by atoms with van der Waals surface area (Å²) < 4.78 is 33.4. The lowest BCUT2D eigenvalue weighted by Crippen LogP contribution is -2.27. The zero-order chi connectivity index (χ0) is 41.0. The fourth-order valence-corrected chi connectivity index (χ4v) is 5.86. The molecule has 0 N–H and O–H groups in total. The Hall–Kier alpha value is -2.83. The van der Waals surface area contributed by atoms with Crippen LogP contribution >= 0.6 is 0 Å². The Morgan fingerprint density at radius 2 is 0.982 bits per heavy atom. The van der Waals surface area contributed by atoms with Gasteiger partial charge >= 0.3 is 18.1 Å². The SMILES string of the molecule is C#CCCOC(=O)OCC(COC(=O)CCCCCCC/C=C\C/C=C\CCCCC)COC(=O)CCC(OCCCCCCCC)OCCCCCCCC. The summed E-state index contributed by atoms with van der Waals surface area (Å²) in [6.45, 7) is 7.63. The summed E-state index contributed by atoms with van der Waals surface area (Å²) in [5, 5.41) is 0. The van der Waals surface area contributed by atoms with Crippen LogP contribution in [0.2, 0.25) is 0 Å². The molecular weight excluding hydrogens is 709 g/mol. The molecule has 0 amide bonds. The lowest BCUT2D eigenvalue weighted by molar-refractivity contribution is -0.161. The summed E-state index contributed by atoms with van der Waals surface area (Å²) in [7, 11) is 0. The van der Waals surface area contributed by atoms with Crippen LogP contribution in [0.3, 0.4) is 0 Å². The van der Waals surface area contributed by atoms with E-state index in [1.807, 2.05) is 0 Å². The molecule has 0 spiro atoms. The molecule has 0 aromatic carbocycles. The highest BCUT2D eigenvalue weighted by atomic mass is 16.7. The lowest BCUT2D eigenvalue weighted by atomic mass is 10.1. The summed E-state index contributed by atoms with van der Waals surface area (Å²) in [5.41, 5.74) is 0. The van der Waals surface area contributed by atoms with Gasteiger partial charge in [-0.15, -0.1) is 12.3 Å². The fraction of sp³-hybridized carbons (Fsp3) is 0.809. The molecule has 0 heterocycles. The standard InChI is InChI=1S/C47H82O9/c1-5-9-13-16-19-20-21-22-23-24-25-26-27-28-31-34-44(48)54-40-43(42-56-47(50)53-37-12-8-4)41-55-45(49)35-36-46(51-38-32-29-17-14-10-6-2)52-39-33-30-18-15-11-7-3/h4,19-20,22-23,43,46H,5-7,9-18,21,24-42H2,1-3H3/b20-19-,23-22-. The Morgan fingerprint density at radius 1 is 0.518 bits per heavy atom. The van der Waals surface area contributed by atoms with E-state index in [-0.39, 0.29) is 45.2 Å². The Balaban J connectivity index is 4.67. The molecule has 9 nitrogen and oxygen atoms in total. The molecule has 0 aromatic heterocycles. The molecule has 324 valence electrons. The van der Waals surface area contributed by atoms with Crippen molar-refractivity contribution in [2.75, 3.05) is 39.6 Å². The Kier molecular flexibility index (Phi) is 41.1. The Labute approximate surface area is 342 Å². The van der Waals surface area contributed by atoms with Crippen molar-refractivity contribution >= 4 is 18.1 Å². The maximum absolute atomic E-state index is 12.8. The number of hydrogen-bond acceptors (Lipinski definition) is 9. The van der Waals surface area contributed by atoms with Gasteiger partial charge < -0.3 is 28.4 Å². The first-order valence-electron chi connectivity index (χ1n) is 22.5. The predicted molar refractivity (Wildman–Crippen MR) is 227 cm³/mol. The number of unbranched alkanes of at least 4 members (excludes halogenated alkanes) is 18. The molecule has 0 radical (unpaired) electrons. The van der Waals surface area contributed by atoms with Gasteiger partial charge in [0.05, 0.1) is 12.3 Å². The molecule has 0 aliphatic carbocycles. The minimum absolute atomic E-state index is 0.0422. The first-order valence-corrected chi connectivity index (χ1v) is 22.5. The van der Waals surface area contributed by atoms with Crippen molar-refractivity contribution in [3.8, 4) is 12.3 Å². The second-order valence-electron chi connectivity index (χ2n) is 14.8. The van der Waals surface area contributed by atoms with Crippen molar-refractivity contribution in [1.29, 1.82) is 0 Å². The summed E-state index contributed by atoms with van der Waals surface area (Å²) in [6, 6.07) is 0. The minimum Gasteiger partial charge on any atom is -0.465 e. The number of carbonyl (C=O) groups excluding carboxylic acids is 3. The van der Waals surface area contributed by atoms with Gasteiger partial charge in [0, 0.05) is 32.5 Å². The Bertz CT molecular complexity index is 984. The lowest BCUT2D eigenvalue weighted by Gasteiger charge is -2.20. The van der Waals surface area contributed by atoms with E-state index < -0.39 is 24.3 Å². The normalized spacial score (nSPS) is 12.0. The second-order valence-corrected chi connectivity index (χ2v) is 14.8. The summed E-state index contributed by atoms with van der Waals surface area (Å²) in [4.78, 5) is 37.4. The molecule has 0 rings (SSSR count). The third kappa shape index (κ3) is 39.4. The molecule has 0 aromatic rings. The summed E-state index contributed by atoms with van der Waals surface area (Å²) >= 11 is 0. The minimum atomic E-state index is -0.874. The molecule has 0 saturated heterocycles. The first kappa shape index (κ1) is 53.2. The zero-order valence-electron chi connectivity index (χ0n) is 36.1. The van der Waals surface area contributed by atoms with E-state index in [9.17, 15) is 14.4 Å². The van der Waals surface area contributed by atoms with E-state index in [1.165, 1.54) is 77.0 Å². The van der Waals surface area contributed by atoms with Gasteiger partial charge in [-0.1, -0.05) is 141 Å². The zero-order valence-corrected chi connectivity index (χ0v) is 36.1. The van der Waals surface area contributed by atoms with Crippen LogP contribution in [0.5, 0.6) is 0 Å². The van der Waals surface area contributed by atoms with E-state index >= 15 is 0 Å². The number of rotatable bonds is 41. The number of carbonyl (C=O) groups is 3. The number of allylic oxidation sites excluding steroid dienone is 4. The summed E-state index contributed by atoms with van der Waals surface area (Å²) in [6.07, 6.45) is 40.2.